The number of aromatic nitrogens is 2. The van der Waals surface area contributed by atoms with Crippen LogP contribution in [0, 0.1) is 5.92 Å². The number of nitrogens with zero attached hydrogens (tertiary/aromatic N) is 3. The van der Waals surface area contributed by atoms with Gasteiger partial charge in [0, 0.05) is 32.2 Å². The van der Waals surface area contributed by atoms with Gasteiger partial charge in [-0.1, -0.05) is 0 Å². The van der Waals surface area contributed by atoms with Gasteiger partial charge in [-0.2, -0.15) is 5.10 Å². The first-order chi connectivity index (χ1) is 8.20. The molecule has 1 aliphatic rings. The number of alkyl halides is 1. The lowest BCUT2D eigenvalue weighted by molar-refractivity contribution is 0.0671. The first kappa shape index (κ1) is 12.4. The maximum atomic E-state index is 12.2. The quantitative estimate of drug-likeness (QED) is 0.774. The summed E-state index contributed by atoms with van der Waals surface area (Å²) in [5.41, 5.74) is 0.680. The minimum Gasteiger partial charge on any atom is -0.338 e. The summed E-state index contributed by atoms with van der Waals surface area (Å²) in [6, 6.07) is 0. The molecule has 0 saturated carbocycles. The summed E-state index contributed by atoms with van der Waals surface area (Å²) in [5, 5.41) is 4.04. The summed E-state index contributed by atoms with van der Waals surface area (Å²) in [5.74, 6) is 1.33. The molecule has 1 unspecified atom stereocenters. The van der Waals surface area contributed by atoms with Crippen LogP contribution in [0.3, 0.4) is 0 Å². The number of halogens is 1. The second-order valence-electron chi connectivity index (χ2n) is 4.64. The van der Waals surface area contributed by atoms with Gasteiger partial charge in [0.05, 0.1) is 11.8 Å². The second kappa shape index (κ2) is 5.54. The number of amides is 1. The van der Waals surface area contributed by atoms with Crippen LogP contribution in [-0.4, -0.2) is 39.6 Å². The monoisotopic (exact) mass is 255 g/mol. The molecule has 94 valence electrons. The van der Waals surface area contributed by atoms with E-state index in [1.807, 2.05) is 11.9 Å². The number of carbonyl (C=O) groups excluding carboxylic acids is 1. The van der Waals surface area contributed by atoms with Crippen LogP contribution in [0.1, 0.15) is 29.6 Å². The molecule has 5 heteroatoms. The fourth-order valence-corrected chi connectivity index (χ4v) is 2.66. The molecule has 0 aromatic carbocycles. The SMILES string of the molecule is Cn1cc(C(=O)N2CCCC(CCCl)C2)cn1. The van der Waals surface area contributed by atoms with Crippen molar-refractivity contribution in [2.24, 2.45) is 13.0 Å². The molecule has 0 spiro atoms. The predicted octanol–water partition coefficient (Wildman–Crippen LogP) is 1.90. The van der Waals surface area contributed by atoms with Crippen molar-refractivity contribution in [2.75, 3.05) is 19.0 Å². The smallest absolute Gasteiger partial charge is 0.257 e. The zero-order chi connectivity index (χ0) is 12.3. The van der Waals surface area contributed by atoms with Crippen LogP contribution in [-0.2, 0) is 7.05 Å². The molecule has 2 heterocycles. The molecule has 0 radical (unpaired) electrons. The van der Waals surface area contributed by atoms with Crippen molar-refractivity contribution in [2.45, 2.75) is 19.3 Å². The fourth-order valence-electron chi connectivity index (χ4n) is 2.35. The third-order valence-corrected chi connectivity index (χ3v) is 3.49. The van der Waals surface area contributed by atoms with Crippen molar-refractivity contribution in [1.82, 2.24) is 14.7 Å². The van der Waals surface area contributed by atoms with Crippen LogP contribution in [0.2, 0.25) is 0 Å². The van der Waals surface area contributed by atoms with E-state index in [9.17, 15) is 4.79 Å². The standard InChI is InChI=1S/C12H18ClN3O/c1-15-9-11(7-14-15)12(17)16-6-2-3-10(8-16)4-5-13/h7,9-10H,2-6,8H2,1H3. The second-order valence-corrected chi connectivity index (χ2v) is 5.02. The molecule has 17 heavy (non-hydrogen) atoms. The van der Waals surface area contributed by atoms with Crippen molar-refractivity contribution in [3.05, 3.63) is 18.0 Å². The van der Waals surface area contributed by atoms with Gasteiger partial charge in [0.2, 0.25) is 0 Å². The van der Waals surface area contributed by atoms with Crippen molar-refractivity contribution in [3.63, 3.8) is 0 Å². The van der Waals surface area contributed by atoms with Crippen LogP contribution in [0.4, 0.5) is 0 Å². The number of piperidine rings is 1. The van der Waals surface area contributed by atoms with E-state index in [2.05, 4.69) is 5.10 Å². The van der Waals surface area contributed by atoms with Crippen molar-refractivity contribution >= 4 is 17.5 Å². The lowest BCUT2D eigenvalue weighted by atomic mass is 9.95. The Kier molecular flexibility index (Phi) is 4.05. The molecule has 1 aromatic rings. The highest BCUT2D eigenvalue weighted by atomic mass is 35.5. The molecule has 0 bridgehead atoms. The molecular weight excluding hydrogens is 238 g/mol. The van der Waals surface area contributed by atoms with E-state index < -0.39 is 0 Å². The number of aryl methyl sites for hydroxylation is 1. The molecular formula is C12H18ClN3O. The van der Waals surface area contributed by atoms with E-state index in [0.717, 1.165) is 25.9 Å². The van der Waals surface area contributed by atoms with Gasteiger partial charge in [0.1, 0.15) is 0 Å². The number of hydrogen-bond donors (Lipinski definition) is 0. The van der Waals surface area contributed by atoms with Crippen molar-refractivity contribution in [3.8, 4) is 0 Å². The van der Waals surface area contributed by atoms with Crippen LogP contribution >= 0.6 is 11.6 Å². The highest BCUT2D eigenvalue weighted by Crippen LogP contribution is 2.21. The van der Waals surface area contributed by atoms with Crippen LogP contribution < -0.4 is 0 Å². The van der Waals surface area contributed by atoms with E-state index in [1.54, 1.807) is 17.1 Å². The van der Waals surface area contributed by atoms with Crippen molar-refractivity contribution in [1.29, 1.82) is 0 Å². The average molecular weight is 256 g/mol. The van der Waals surface area contributed by atoms with Gasteiger partial charge in [-0.3, -0.25) is 9.48 Å². The number of rotatable bonds is 3. The predicted molar refractivity (Wildman–Crippen MR) is 67.2 cm³/mol. The molecule has 1 saturated heterocycles. The first-order valence-corrected chi connectivity index (χ1v) is 6.58. The number of hydrogen-bond acceptors (Lipinski definition) is 2. The van der Waals surface area contributed by atoms with Gasteiger partial charge in [-0.25, -0.2) is 0 Å². The average Bonchev–Trinajstić information content (AvgIpc) is 2.76. The summed E-state index contributed by atoms with van der Waals surface area (Å²) < 4.78 is 1.66. The first-order valence-electron chi connectivity index (χ1n) is 6.04. The maximum Gasteiger partial charge on any atom is 0.257 e. The van der Waals surface area contributed by atoms with E-state index in [4.69, 9.17) is 11.6 Å². The Morgan fingerprint density at radius 3 is 3.12 bits per heavy atom. The van der Waals surface area contributed by atoms with E-state index >= 15 is 0 Å². The zero-order valence-electron chi connectivity index (χ0n) is 10.1. The van der Waals surface area contributed by atoms with Crippen LogP contribution in [0.15, 0.2) is 12.4 Å². The topological polar surface area (TPSA) is 38.1 Å². The van der Waals surface area contributed by atoms with Crippen molar-refractivity contribution < 1.29 is 4.79 Å². The summed E-state index contributed by atoms with van der Waals surface area (Å²) in [6.45, 7) is 1.69. The number of carbonyl (C=O) groups is 1. The lowest BCUT2D eigenvalue weighted by Gasteiger charge is -2.32. The highest BCUT2D eigenvalue weighted by Gasteiger charge is 2.24. The summed E-state index contributed by atoms with van der Waals surface area (Å²) in [7, 11) is 1.82. The molecule has 1 fully saturated rings. The van der Waals surface area contributed by atoms with Gasteiger partial charge in [-0.05, 0) is 25.2 Å². The van der Waals surface area contributed by atoms with Gasteiger partial charge in [0.25, 0.3) is 5.91 Å². The van der Waals surface area contributed by atoms with Gasteiger partial charge >= 0.3 is 0 Å². The molecule has 0 aliphatic carbocycles. The highest BCUT2D eigenvalue weighted by molar-refractivity contribution is 6.17. The van der Waals surface area contributed by atoms with Crippen LogP contribution in [0.5, 0.6) is 0 Å². The van der Waals surface area contributed by atoms with Gasteiger partial charge < -0.3 is 4.90 Å². The third kappa shape index (κ3) is 3.00. The zero-order valence-corrected chi connectivity index (χ0v) is 10.9. The van der Waals surface area contributed by atoms with Crippen LogP contribution in [0.25, 0.3) is 0 Å². The van der Waals surface area contributed by atoms with Gasteiger partial charge in [-0.15, -0.1) is 11.6 Å². The molecule has 2 rings (SSSR count). The van der Waals surface area contributed by atoms with E-state index in [1.165, 1.54) is 6.42 Å². The fraction of sp³-hybridized carbons (Fsp3) is 0.667. The molecule has 0 N–H and O–H groups in total. The van der Waals surface area contributed by atoms with E-state index in [-0.39, 0.29) is 5.91 Å². The Morgan fingerprint density at radius 2 is 2.47 bits per heavy atom. The summed E-state index contributed by atoms with van der Waals surface area (Å²) in [6.07, 6.45) is 6.66. The Balaban J connectivity index is 1.99. The molecule has 4 nitrogen and oxygen atoms in total. The Hall–Kier alpha value is -1.03. The van der Waals surface area contributed by atoms with Gasteiger partial charge in [0.15, 0.2) is 0 Å². The Morgan fingerprint density at radius 1 is 1.65 bits per heavy atom. The Labute approximate surface area is 107 Å². The molecule has 1 aliphatic heterocycles. The minimum absolute atomic E-state index is 0.0948. The minimum atomic E-state index is 0.0948. The largest absolute Gasteiger partial charge is 0.338 e. The third-order valence-electron chi connectivity index (χ3n) is 3.28. The molecule has 1 atom stereocenters. The number of likely N-dealkylation sites (tertiary alicyclic amines) is 1. The normalized spacial score (nSPS) is 20.6. The summed E-state index contributed by atoms with van der Waals surface area (Å²) >= 11 is 5.77. The van der Waals surface area contributed by atoms with E-state index in [0.29, 0.717) is 17.4 Å². The molecule has 1 amide bonds. The Bertz CT molecular complexity index is 389. The lowest BCUT2D eigenvalue weighted by Crippen LogP contribution is -2.39. The maximum absolute atomic E-state index is 12.2. The molecule has 1 aromatic heterocycles. The summed E-state index contributed by atoms with van der Waals surface area (Å²) in [4.78, 5) is 14.1.